The minimum atomic E-state index is 0.0590. The second-order valence-corrected chi connectivity index (χ2v) is 5.47. The summed E-state index contributed by atoms with van der Waals surface area (Å²) in [6, 6.07) is 16.4. The predicted octanol–water partition coefficient (Wildman–Crippen LogP) is 3.20. The summed E-state index contributed by atoms with van der Waals surface area (Å²) in [7, 11) is 0. The van der Waals surface area contributed by atoms with Crippen molar-refractivity contribution in [1.82, 2.24) is 4.90 Å². The van der Waals surface area contributed by atoms with Crippen LogP contribution in [-0.4, -0.2) is 17.4 Å². The molecule has 0 fully saturated rings. The van der Waals surface area contributed by atoms with Crippen molar-refractivity contribution in [3.63, 3.8) is 0 Å². The van der Waals surface area contributed by atoms with Crippen LogP contribution >= 0.6 is 0 Å². The Bertz CT molecular complexity index is 626. The maximum absolute atomic E-state index is 12.2. The van der Waals surface area contributed by atoms with Crippen LogP contribution < -0.4 is 5.32 Å². The highest BCUT2D eigenvalue weighted by atomic mass is 16.2. The first-order chi connectivity index (χ1) is 10.3. The molecule has 1 heterocycles. The summed E-state index contributed by atoms with van der Waals surface area (Å²) in [6.07, 6.45) is 0.922. The Balaban J connectivity index is 1.61. The number of para-hydroxylation sites is 1. The van der Waals surface area contributed by atoms with Crippen LogP contribution in [-0.2, 0) is 24.3 Å². The van der Waals surface area contributed by atoms with Gasteiger partial charge in [0.1, 0.15) is 0 Å². The van der Waals surface area contributed by atoms with Crippen LogP contribution in [0, 0.1) is 0 Å². The fourth-order valence-electron chi connectivity index (χ4n) is 2.86. The van der Waals surface area contributed by atoms with Gasteiger partial charge in [0.05, 0.1) is 6.54 Å². The predicted molar refractivity (Wildman–Crippen MR) is 85.0 cm³/mol. The number of nitrogens with one attached hydrogen (secondary N) is 1. The van der Waals surface area contributed by atoms with Gasteiger partial charge in [0.2, 0.25) is 5.91 Å². The molecule has 3 nitrogen and oxygen atoms in total. The zero-order valence-corrected chi connectivity index (χ0v) is 12.3. The Kier molecular flexibility index (Phi) is 4.02. The molecule has 0 saturated heterocycles. The quantitative estimate of drug-likeness (QED) is 0.932. The molecule has 0 aliphatic carbocycles. The van der Waals surface area contributed by atoms with Gasteiger partial charge in [-0.05, 0) is 29.2 Å². The highest BCUT2D eigenvalue weighted by Gasteiger charge is 2.20. The van der Waals surface area contributed by atoms with Crippen molar-refractivity contribution < 1.29 is 4.79 Å². The Morgan fingerprint density at radius 2 is 1.67 bits per heavy atom. The lowest BCUT2D eigenvalue weighted by molar-refractivity contribution is -0.117. The lowest BCUT2D eigenvalue weighted by atomic mass is 10.1. The van der Waals surface area contributed by atoms with Crippen molar-refractivity contribution in [2.75, 3.05) is 11.9 Å². The molecule has 3 rings (SSSR count). The van der Waals surface area contributed by atoms with Crippen LogP contribution in [0.1, 0.15) is 23.6 Å². The van der Waals surface area contributed by atoms with E-state index in [2.05, 4.69) is 47.5 Å². The summed E-state index contributed by atoms with van der Waals surface area (Å²) < 4.78 is 0. The van der Waals surface area contributed by atoms with Crippen molar-refractivity contribution >= 4 is 11.6 Å². The zero-order valence-electron chi connectivity index (χ0n) is 12.3. The molecule has 0 saturated carbocycles. The van der Waals surface area contributed by atoms with Crippen molar-refractivity contribution in [3.8, 4) is 0 Å². The lowest BCUT2D eigenvalue weighted by Crippen LogP contribution is -2.29. The molecule has 0 unspecified atom stereocenters. The Morgan fingerprint density at radius 3 is 2.33 bits per heavy atom. The highest BCUT2D eigenvalue weighted by molar-refractivity contribution is 5.93. The third-order valence-corrected chi connectivity index (χ3v) is 3.95. The number of anilines is 1. The summed E-state index contributed by atoms with van der Waals surface area (Å²) in [5, 5.41) is 3.03. The molecule has 0 spiro atoms. The van der Waals surface area contributed by atoms with Crippen LogP contribution in [0.15, 0.2) is 48.5 Å². The van der Waals surface area contributed by atoms with Gasteiger partial charge in [-0.25, -0.2) is 0 Å². The van der Waals surface area contributed by atoms with E-state index in [1.54, 1.807) is 0 Å². The third-order valence-electron chi connectivity index (χ3n) is 3.95. The van der Waals surface area contributed by atoms with Crippen molar-refractivity contribution in [2.24, 2.45) is 0 Å². The molecular weight excluding hydrogens is 260 g/mol. The van der Waals surface area contributed by atoms with Gasteiger partial charge in [-0.3, -0.25) is 9.69 Å². The minimum Gasteiger partial charge on any atom is -0.325 e. The fraction of sp³-hybridized carbons (Fsp3) is 0.278. The molecule has 1 aliphatic heterocycles. The monoisotopic (exact) mass is 280 g/mol. The van der Waals surface area contributed by atoms with Gasteiger partial charge in [-0.1, -0.05) is 49.4 Å². The van der Waals surface area contributed by atoms with Crippen LogP contribution in [0.4, 0.5) is 5.69 Å². The van der Waals surface area contributed by atoms with E-state index in [0.29, 0.717) is 6.54 Å². The van der Waals surface area contributed by atoms with Crippen LogP contribution in [0.3, 0.4) is 0 Å². The first-order valence-corrected chi connectivity index (χ1v) is 7.43. The average molecular weight is 280 g/mol. The number of carbonyl (C=O) groups excluding carboxylic acids is 1. The molecule has 21 heavy (non-hydrogen) atoms. The average Bonchev–Trinajstić information content (AvgIpc) is 2.89. The van der Waals surface area contributed by atoms with Crippen LogP contribution in [0.5, 0.6) is 0 Å². The van der Waals surface area contributed by atoms with Gasteiger partial charge in [0, 0.05) is 18.8 Å². The summed E-state index contributed by atoms with van der Waals surface area (Å²) in [5.74, 6) is 0.0590. The van der Waals surface area contributed by atoms with Gasteiger partial charge in [0.25, 0.3) is 0 Å². The van der Waals surface area contributed by atoms with E-state index < -0.39 is 0 Å². The number of amides is 1. The van der Waals surface area contributed by atoms with E-state index >= 15 is 0 Å². The normalized spacial score (nSPS) is 14.0. The van der Waals surface area contributed by atoms with Crippen LogP contribution in [0.25, 0.3) is 0 Å². The zero-order chi connectivity index (χ0) is 14.7. The lowest BCUT2D eigenvalue weighted by Gasteiger charge is -2.15. The molecule has 108 valence electrons. The topological polar surface area (TPSA) is 32.3 Å². The van der Waals surface area contributed by atoms with E-state index in [9.17, 15) is 4.79 Å². The van der Waals surface area contributed by atoms with E-state index in [1.807, 2.05) is 18.2 Å². The molecule has 0 bridgehead atoms. The van der Waals surface area contributed by atoms with Gasteiger partial charge >= 0.3 is 0 Å². The third kappa shape index (κ3) is 3.14. The number of benzene rings is 2. The molecule has 1 amide bonds. The maximum atomic E-state index is 12.2. The molecule has 3 heteroatoms. The Morgan fingerprint density at radius 1 is 1.05 bits per heavy atom. The molecule has 0 aromatic heterocycles. The second kappa shape index (κ2) is 6.10. The smallest absolute Gasteiger partial charge is 0.238 e. The number of hydrogen-bond donors (Lipinski definition) is 1. The molecule has 2 aromatic rings. The van der Waals surface area contributed by atoms with Crippen LogP contribution in [0.2, 0.25) is 0 Å². The van der Waals surface area contributed by atoms with Crippen molar-refractivity contribution in [2.45, 2.75) is 26.4 Å². The molecule has 0 atom stereocenters. The number of aryl methyl sites for hydroxylation is 1. The molecule has 1 N–H and O–H groups in total. The van der Waals surface area contributed by atoms with E-state index in [-0.39, 0.29) is 5.91 Å². The first kappa shape index (κ1) is 13.8. The maximum Gasteiger partial charge on any atom is 0.238 e. The van der Waals surface area contributed by atoms with Gasteiger partial charge in [0.15, 0.2) is 0 Å². The van der Waals surface area contributed by atoms with Gasteiger partial charge in [-0.2, -0.15) is 0 Å². The number of carbonyl (C=O) groups is 1. The summed E-state index contributed by atoms with van der Waals surface area (Å²) in [5.41, 5.74) is 4.77. The number of nitrogens with zero attached hydrogens (tertiary/aromatic N) is 1. The SMILES string of the molecule is CCc1ccccc1NC(=O)CN1Cc2ccccc2C1. The van der Waals surface area contributed by atoms with Gasteiger partial charge < -0.3 is 5.32 Å². The molecular formula is C18H20N2O. The first-order valence-electron chi connectivity index (χ1n) is 7.43. The minimum absolute atomic E-state index is 0.0590. The molecule has 0 radical (unpaired) electrons. The van der Waals surface area contributed by atoms with Gasteiger partial charge in [-0.15, -0.1) is 0 Å². The summed E-state index contributed by atoms with van der Waals surface area (Å²) >= 11 is 0. The number of fused-ring (bicyclic) bond motifs is 1. The van der Waals surface area contributed by atoms with Crippen molar-refractivity contribution in [1.29, 1.82) is 0 Å². The fourth-order valence-corrected chi connectivity index (χ4v) is 2.86. The molecule has 2 aromatic carbocycles. The van der Waals surface area contributed by atoms with E-state index in [0.717, 1.165) is 25.2 Å². The summed E-state index contributed by atoms with van der Waals surface area (Å²) in [4.78, 5) is 14.4. The summed E-state index contributed by atoms with van der Waals surface area (Å²) in [6.45, 7) is 4.26. The second-order valence-electron chi connectivity index (χ2n) is 5.47. The molecule has 1 aliphatic rings. The van der Waals surface area contributed by atoms with E-state index in [4.69, 9.17) is 0 Å². The van der Waals surface area contributed by atoms with E-state index in [1.165, 1.54) is 16.7 Å². The largest absolute Gasteiger partial charge is 0.325 e. The Hall–Kier alpha value is -2.13. The standard InChI is InChI=1S/C18H20N2O/c1-2-14-7-5-6-10-17(14)19-18(21)13-20-11-15-8-3-4-9-16(15)12-20/h3-10H,2,11-13H2,1H3,(H,19,21). The number of hydrogen-bond acceptors (Lipinski definition) is 2. The number of rotatable bonds is 4. The van der Waals surface area contributed by atoms with Crippen molar-refractivity contribution in [3.05, 3.63) is 65.2 Å². The highest BCUT2D eigenvalue weighted by Crippen LogP contribution is 2.22. The Labute approximate surface area is 125 Å².